The van der Waals surface area contributed by atoms with Crippen LogP contribution in [0, 0.1) is 5.41 Å². The molecule has 0 fully saturated rings. The van der Waals surface area contributed by atoms with Crippen molar-refractivity contribution in [2.75, 3.05) is 0 Å². The zero-order chi connectivity index (χ0) is 38.0. The van der Waals surface area contributed by atoms with E-state index in [1.165, 1.54) is 32.7 Å². The van der Waals surface area contributed by atoms with E-state index in [1.54, 1.807) is 0 Å². The average molecular weight is 722 g/mol. The van der Waals surface area contributed by atoms with Gasteiger partial charge < -0.3 is 14.6 Å². The predicted molar refractivity (Wildman–Crippen MR) is 235 cm³/mol. The molecule has 0 spiro atoms. The highest BCUT2D eigenvalue weighted by Gasteiger charge is 2.24. The molecule has 1 atom stereocenters. The number of fused-ring (bicyclic) bond motifs is 7. The van der Waals surface area contributed by atoms with Gasteiger partial charge in [0.2, 0.25) is 0 Å². The second-order valence-corrected chi connectivity index (χ2v) is 14.1. The molecule has 0 saturated heterocycles. The maximum absolute atomic E-state index is 6.54. The lowest BCUT2D eigenvalue weighted by Crippen LogP contribution is -2.10. The molecule has 3 nitrogen and oxygen atoms in total. The third-order valence-corrected chi connectivity index (χ3v) is 10.8. The Hall–Kier alpha value is -7.23. The molecule has 3 heteroatoms. The van der Waals surface area contributed by atoms with Crippen LogP contribution in [0.5, 0.6) is 5.75 Å². The Morgan fingerprint density at radius 2 is 1.27 bits per heavy atom. The van der Waals surface area contributed by atoms with Crippen molar-refractivity contribution in [3.8, 4) is 28.0 Å². The van der Waals surface area contributed by atoms with Crippen LogP contribution in [0.15, 0.2) is 210 Å². The normalized spacial score (nSPS) is 14.7. The van der Waals surface area contributed by atoms with Gasteiger partial charge in [0.1, 0.15) is 22.7 Å². The van der Waals surface area contributed by atoms with Crippen molar-refractivity contribution in [2.45, 2.75) is 12.3 Å². The number of benzene rings is 8. The number of rotatable bonds is 5. The van der Waals surface area contributed by atoms with Crippen LogP contribution in [0.2, 0.25) is 0 Å². The summed E-state index contributed by atoms with van der Waals surface area (Å²) in [5.41, 5.74) is 10.8. The van der Waals surface area contributed by atoms with Crippen LogP contribution >= 0.6 is 0 Å². The Bertz CT molecular complexity index is 2980. The summed E-state index contributed by atoms with van der Waals surface area (Å²) in [6, 6.07) is 60.5. The summed E-state index contributed by atoms with van der Waals surface area (Å²) in [4.78, 5) is 0. The summed E-state index contributed by atoms with van der Waals surface area (Å²) in [7, 11) is 0. The van der Waals surface area contributed by atoms with Crippen molar-refractivity contribution in [1.82, 2.24) is 0 Å². The van der Waals surface area contributed by atoms with Gasteiger partial charge in [-0.25, -0.2) is 0 Å². The zero-order valence-electron chi connectivity index (χ0n) is 30.9. The van der Waals surface area contributed by atoms with Crippen LogP contribution in [-0.2, 0) is 6.42 Å². The maximum atomic E-state index is 6.54. The Kier molecular flexibility index (Phi) is 9.18. The van der Waals surface area contributed by atoms with Gasteiger partial charge in [-0.2, -0.15) is 0 Å². The van der Waals surface area contributed by atoms with Gasteiger partial charge in [0, 0.05) is 22.3 Å². The van der Waals surface area contributed by atoms with E-state index in [4.69, 9.17) is 14.6 Å². The summed E-state index contributed by atoms with van der Waals surface area (Å²) in [6.07, 6.45) is 7.29. The molecule has 8 aromatic carbocycles. The topological polar surface area (TPSA) is 46.2 Å². The van der Waals surface area contributed by atoms with Gasteiger partial charge in [0.25, 0.3) is 0 Å². The number of furan rings is 1. The second kappa shape index (κ2) is 14.9. The molecule has 10 rings (SSSR count). The predicted octanol–water partition coefficient (Wildman–Crippen LogP) is 14.3. The van der Waals surface area contributed by atoms with E-state index in [0.29, 0.717) is 5.76 Å². The number of ether oxygens (including phenoxy) is 1. The van der Waals surface area contributed by atoms with E-state index in [2.05, 4.69) is 189 Å². The fourth-order valence-electron chi connectivity index (χ4n) is 8.20. The van der Waals surface area contributed by atoms with Gasteiger partial charge in [-0.1, -0.05) is 164 Å². The third-order valence-electron chi connectivity index (χ3n) is 10.8. The van der Waals surface area contributed by atoms with Crippen molar-refractivity contribution in [1.29, 1.82) is 5.41 Å². The highest BCUT2D eigenvalue weighted by atomic mass is 16.5. The SMILES string of the molecule is C=C1Oc2ccccc2C/C=C\C=C/1C(c1ccccc1)c1cccc(-c2cccc3oc4ccc(-c5ccc6c(ccc7ccccc76)c5)cc4c23)c1.C=N. The fraction of sp³-hybridized carbons (Fsp3) is 0.0377. The first-order valence-corrected chi connectivity index (χ1v) is 18.9. The first-order chi connectivity index (χ1) is 27.7. The fourth-order valence-corrected chi connectivity index (χ4v) is 8.20. The van der Waals surface area contributed by atoms with E-state index < -0.39 is 0 Å². The Balaban J connectivity index is 0.00000202. The summed E-state index contributed by atoms with van der Waals surface area (Å²) in [5.74, 6) is 1.38. The summed E-state index contributed by atoms with van der Waals surface area (Å²) >= 11 is 0. The number of allylic oxidation sites excluding steroid dienone is 4. The molecule has 1 aromatic heterocycles. The highest BCUT2D eigenvalue weighted by molar-refractivity contribution is 6.14. The van der Waals surface area contributed by atoms with Gasteiger partial charge in [0.05, 0.1) is 0 Å². The number of hydrogen-bond donors (Lipinski definition) is 1. The first kappa shape index (κ1) is 34.5. The second-order valence-electron chi connectivity index (χ2n) is 14.1. The smallest absolute Gasteiger partial charge is 0.136 e. The Labute approximate surface area is 326 Å². The molecule has 0 radical (unpaired) electrons. The van der Waals surface area contributed by atoms with Crippen LogP contribution in [0.1, 0.15) is 22.6 Å². The van der Waals surface area contributed by atoms with Crippen molar-refractivity contribution in [3.05, 3.63) is 223 Å². The lowest BCUT2D eigenvalue weighted by Gasteiger charge is -2.24. The van der Waals surface area contributed by atoms with Gasteiger partial charge in [-0.05, 0) is 104 Å². The van der Waals surface area contributed by atoms with Gasteiger partial charge in [-0.3, -0.25) is 0 Å². The van der Waals surface area contributed by atoms with E-state index in [1.807, 2.05) is 12.1 Å². The van der Waals surface area contributed by atoms with Crippen molar-refractivity contribution in [3.63, 3.8) is 0 Å². The van der Waals surface area contributed by atoms with E-state index in [0.717, 1.165) is 67.5 Å². The standard InChI is InChI=1S/C52H36O2.CH3N/c1-34-43(20-8-6-14-36-15-7-10-23-48(36)53-34)51(37-16-3-2-4-17-37)42-19-11-18-40(32-42)46-22-12-24-50-52(46)47-33-39(28-30-49(47)54-50)38-27-29-45-41(31-38)26-25-35-13-5-9-21-44(35)45;1-2/h2-13,15-33,51H,1,14H2;2H,1H2/b8-6-,43-20+;. The van der Waals surface area contributed by atoms with E-state index in [-0.39, 0.29) is 5.92 Å². The molecule has 1 unspecified atom stereocenters. The average Bonchev–Trinajstić information content (AvgIpc) is 3.67. The third kappa shape index (κ3) is 6.29. The number of para-hydroxylation sites is 1. The molecule has 1 aliphatic heterocycles. The highest BCUT2D eigenvalue weighted by Crippen LogP contribution is 2.42. The van der Waals surface area contributed by atoms with Gasteiger partial charge in [0.15, 0.2) is 0 Å². The van der Waals surface area contributed by atoms with Crippen LogP contribution in [0.3, 0.4) is 0 Å². The summed E-state index contributed by atoms with van der Waals surface area (Å²) < 4.78 is 13.0. The molecular formula is C53H39NO2. The molecule has 0 amide bonds. The Morgan fingerprint density at radius 1 is 0.536 bits per heavy atom. The zero-order valence-corrected chi connectivity index (χ0v) is 30.9. The van der Waals surface area contributed by atoms with E-state index >= 15 is 0 Å². The molecule has 2 heterocycles. The molecule has 0 aliphatic carbocycles. The molecule has 1 N–H and O–H groups in total. The van der Waals surface area contributed by atoms with Crippen LogP contribution in [0.25, 0.3) is 65.7 Å². The number of hydrogen-bond acceptors (Lipinski definition) is 3. The van der Waals surface area contributed by atoms with Crippen LogP contribution < -0.4 is 4.74 Å². The van der Waals surface area contributed by atoms with Crippen molar-refractivity contribution < 1.29 is 9.15 Å². The van der Waals surface area contributed by atoms with Crippen molar-refractivity contribution in [2.24, 2.45) is 0 Å². The van der Waals surface area contributed by atoms with Crippen LogP contribution in [0.4, 0.5) is 0 Å². The Morgan fingerprint density at radius 3 is 2.18 bits per heavy atom. The quantitative estimate of drug-likeness (QED) is 0.142. The minimum absolute atomic E-state index is 0.106. The summed E-state index contributed by atoms with van der Waals surface area (Å²) in [6.45, 7) is 6.98. The molecule has 9 aromatic rings. The molecule has 56 heavy (non-hydrogen) atoms. The molecule has 0 bridgehead atoms. The molecule has 268 valence electrons. The van der Waals surface area contributed by atoms with Gasteiger partial charge >= 0.3 is 0 Å². The van der Waals surface area contributed by atoms with Crippen molar-refractivity contribution >= 4 is 50.2 Å². The lowest BCUT2D eigenvalue weighted by atomic mass is 9.82. The molecule has 0 saturated carbocycles. The van der Waals surface area contributed by atoms with Gasteiger partial charge in [-0.15, -0.1) is 0 Å². The van der Waals surface area contributed by atoms with Crippen LogP contribution in [-0.4, -0.2) is 6.72 Å². The maximum Gasteiger partial charge on any atom is 0.136 e. The minimum Gasteiger partial charge on any atom is -0.457 e. The first-order valence-electron chi connectivity index (χ1n) is 18.9. The molecular weight excluding hydrogens is 683 g/mol. The summed E-state index contributed by atoms with van der Waals surface area (Å²) in [5, 5.41) is 12.8. The lowest BCUT2D eigenvalue weighted by molar-refractivity contribution is 0.429. The minimum atomic E-state index is -0.106. The van der Waals surface area contributed by atoms with E-state index in [9.17, 15) is 0 Å². The monoisotopic (exact) mass is 721 g/mol. The molecule has 1 aliphatic rings. The largest absolute Gasteiger partial charge is 0.457 e. The number of nitrogens with one attached hydrogen (secondary N) is 1.